The van der Waals surface area contributed by atoms with E-state index in [-0.39, 0.29) is 36.9 Å². The molecule has 0 bridgehead atoms. The molecule has 1 atom stereocenters. The number of halogens is 2. The molecule has 4 aromatic rings. The molecule has 2 aliphatic rings. The maximum absolute atomic E-state index is 14.4. The molecule has 1 aliphatic heterocycles. The lowest BCUT2D eigenvalue weighted by atomic mass is 10.0. The van der Waals surface area contributed by atoms with Gasteiger partial charge in [0.15, 0.2) is 0 Å². The van der Waals surface area contributed by atoms with Crippen LogP contribution in [0.25, 0.3) is 10.8 Å². The Labute approximate surface area is 255 Å². The van der Waals surface area contributed by atoms with Gasteiger partial charge in [-0.15, -0.1) is 0 Å². The van der Waals surface area contributed by atoms with Gasteiger partial charge in [0.05, 0.1) is 5.69 Å². The molecule has 6 nitrogen and oxygen atoms in total. The molecule has 42 heavy (non-hydrogen) atoms. The van der Waals surface area contributed by atoms with Crippen molar-refractivity contribution < 1.29 is 14.4 Å². The van der Waals surface area contributed by atoms with E-state index in [0.717, 1.165) is 42.0 Å². The van der Waals surface area contributed by atoms with Crippen LogP contribution >= 0.6 is 23.2 Å². The molecule has 4 aromatic carbocycles. The third-order valence-corrected chi connectivity index (χ3v) is 9.01. The second-order valence-electron chi connectivity index (χ2n) is 11.0. The summed E-state index contributed by atoms with van der Waals surface area (Å²) in [6, 6.07) is 25.3. The van der Waals surface area contributed by atoms with Crippen LogP contribution in [0.3, 0.4) is 0 Å². The van der Waals surface area contributed by atoms with Crippen LogP contribution in [0.1, 0.15) is 47.2 Å². The molecule has 8 heteroatoms. The van der Waals surface area contributed by atoms with Crippen LogP contribution in [0, 0.1) is 0 Å². The molecule has 6 rings (SSSR count). The summed E-state index contributed by atoms with van der Waals surface area (Å²) in [5, 5.41) is 5.78. The number of anilines is 1. The molecule has 1 heterocycles. The van der Waals surface area contributed by atoms with Gasteiger partial charge in [-0.25, -0.2) is 0 Å². The average molecular weight is 601 g/mol. The topological polar surface area (TPSA) is 69.7 Å². The molecule has 0 spiro atoms. The molecule has 214 valence electrons. The minimum absolute atomic E-state index is 0.0199. The van der Waals surface area contributed by atoms with E-state index in [4.69, 9.17) is 23.2 Å². The van der Waals surface area contributed by atoms with Gasteiger partial charge in [0.25, 0.3) is 5.91 Å². The Kier molecular flexibility index (Phi) is 8.18. The second-order valence-corrected chi connectivity index (χ2v) is 11.8. The highest BCUT2D eigenvalue weighted by molar-refractivity contribution is 6.36. The van der Waals surface area contributed by atoms with E-state index in [1.54, 1.807) is 29.2 Å². The quantitative estimate of drug-likeness (QED) is 0.230. The second kappa shape index (κ2) is 12.2. The van der Waals surface area contributed by atoms with Crippen molar-refractivity contribution in [1.29, 1.82) is 0 Å². The first-order chi connectivity index (χ1) is 20.4. The normalized spacial score (nSPS) is 15.3. The number of carbonyl (C=O) groups excluding carboxylic acids is 3. The van der Waals surface area contributed by atoms with Gasteiger partial charge in [0.1, 0.15) is 12.6 Å². The Morgan fingerprint density at radius 1 is 0.881 bits per heavy atom. The number of hydrogen-bond acceptors (Lipinski definition) is 3. The van der Waals surface area contributed by atoms with Crippen molar-refractivity contribution in [2.75, 3.05) is 11.4 Å². The summed E-state index contributed by atoms with van der Waals surface area (Å²) < 4.78 is 0. The number of nitrogens with zero attached hydrogens (tertiary/aromatic N) is 2. The molecular formula is C34H31Cl2N3O3. The minimum atomic E-state index is -0.844. The molecule has 1 aliphatic carbocycles. The van der Waals surface area contributed by atoms with Crippen molar-refractivity contribution in [3.63, 3.8) is 0 Å². The molecule has 1 fully saturated rings. The van der Waals surface area contributed by atoms with Gasteiger partial charge in [-0.3, -0.25) is 19.3 Å². The zero-order chi connectivity index (χ0) is 29.2. The smallest absolute Gasteiger partial charge is 0.259 e. The Bertz CT molecular complexity index is 1630. The Morgan fingerprint density at radius 3 is 2.26 bits per heavy atom. The van der Waals surface area contributed by atoms with Crippen LogP contribution in [-0.4, -0.2) is 41.2 Å². The first-order valence-electron chi connectivity index (χ1n) is 14.3. The summed E-state index contributed by atoms with van der Waals surface area (Å²) in [5.41, 5.74) is 2.73. The number of benzene rings is 4. The van der Waals surface area contributed by atoms with Gasteiger partial charge in [-0.05, 0) is 48.1 Å². The highest BCUT2D eigenvalue weighted by Gasteiger charge is 2.37. The van der Waals surface area contributed by atoms with Gasteiger partial charge in [0.2, 0.25) is 11.8 Å². The molecule has 3 amide bonds. The average Bonchev–Trinajstić information content (AvgIpc) is 3.60. The summed E-state index contributed by atoms with van der Waals surface area (Å²) >= 11 is 13.2. The van der Waals surface area contributed by atoms with Crippen molar-refractivity contribution in [3.8, 4) is 0 Å². The highest BCUT2D eigenvalue weighted by Crippen LogP contribution is 2.37. The number of amides is 3. The lowest BCUT2D eigenvalue weighted by Gasteiger charge is -2.34. The fourth-order valence-corrected chi connectivity index (χ4v) is 6.65. The third-order valence-electron chi connectivity index (χ3n) is 8.31. The maximum atomic E-state index is 14.4. The van der Waals surface area contributed by atoms with E-state index < -0.39 is 6.04 Å². The first-order valence-corrected chi connectivity index (χ1v) is 15.1. The minimum Gasteiger partial charge on any atom is -0.352 e. The molecule has 0 unspecified atom stereocenters. The SMILES string of the molecule is O=C(NC1CCCC1)[C@H](Cc1ccccc1)N(Cc1c(Cl)cccc1Cl)C(=O)CN1C(=O)c2cccc3cccc1c23. The van der Waals surface area contributed by atoms with Crippen molar-refractivity contribution in [2.24, 2.45) is 0 Å². The van der Waals surface area contributed by atoms with Crippen LogP contribution in [0.2, 0.25) is 10.0 Å². The van der Waals surface area contributed by atoms with Crippen LogP contribution in [0.4, 0.5) is 5.69 Å². The van der Waals surface area contributed by atoms with Crippen LogP contribution in [0.5, 0.6) is 0 Å². The lowest BCUT2D eigenvalue weighted by Crippen LogP contribution is -2.54. The van der Waals surface area contributed by atoms with Crippen molar-refractivity contribution >= 4 is 57.4 Å². The van der Waals surface area contributed by atoms with Crippen molar-refractivity contribution in [2.45, 2.75) is 50.7 Å². The number of rotatable bonds is 9. The summed E-state index contributed by atoms with van der Waals surface area (Å²) in [5.74, 6) is -0.826. The van der Waals surface area contributed by atoms with E-state index in [1.165, 1.54) is 4.90 Å². The number of nitrogens with one attached hydrogen (secondary N) is 1. The Morgan fingerprint density at radius 2 is 1.55 bits per heavy atom. The van der Waals surface area contributed by atoms with E-state index in [2.05, 4.69) is 5.32 Å². The van der Waals surface area contributed by atoms with E-state index >= 15 is 0 Å². The maximum Gasteiger partial charge on any atom is 0.259 e. The molecule has 1 saturated carbocycles. The fraction of sp³-hybridized carbons (Fsp3) is 0.265. The van der Waals surface area contributed by atoms with E-state index in [9.17, 15) is 14.4 Å². The van der Waals surface area contributed by atoms with E-state index in [0.29, 0.717) is 33.3 Å². The summed E-state index contributed by atoms with van der Waals surface area (Å²) in [6.45, 7) is -0.206. The molecule has 0 radical (unpaired) electrons. The van der Waals surface area contributed by atoms with Crippen LogP contribution in [-0.2, 0) is 22.6 Å². The predicted molar refractivity (Wildman–Crippen MR) is 167 cm³/mol. The van der Waals surface area contributed by atoms with Gasteiger partial charge in [-0.2, -0.15) is 0 Å². The van der Waals surface area contributed by atoms with Crippen LogP contribution < -0.4 is 10.2 Å². The van der Waals surface area contributed by atoms with E-state index in [1.807, 2.05) is 60.7 Å². The standard InChI is InChI=1S/C34H31Cl2N3O3/c35-27-16-8-17-28(36)26(27)20-38(30(19-22-9-2-1-3-10-22)33(41)37-24-13-4-5-14-24)31(40)21-39-29-18-7-12-23-11-6-15-25(32(23)29)34(39)42/h1-3,6-12,15-18,24,30H,4-5,13-14,19-21H2,(H,37,41)/t30-/m0/s1. The van der Waals surface area contributed by atoms with Crippen LogP contribution in [0.15, 0.2) is 84.9 Å². The van der Waals surface area contributed by atoms with Gasteiger partial charge >= 0.3 is 0 Å². The number of hydrogen-bond donors (Lipinski definition) is 1. The fourth-order valence-electron chi connectivity index (χ4n) is 6.14. The molecule has 0 saturated heterocycles. The van der Waals surface area contributed by atoms with Crippen molar-refractivity contribution in [3.05, 3.63) is 112 Å². The highest BCUT2D eigenvalue weighted by atomic mass is 35.5. The number of carbonyl (C=O) groups is 3. The Hall–Kier alpha value is -3.87. The third kappa shape index (κ3) is 5.61. The van der Waals surface area contributed by atoms with Gasteiger partial charge in [0, 0.05) is 45.6 Å². The first kappa shape index (κ1) is 28.3. The zero-order valence-electron chi connectivity index (χ0n) is 23.1. The molecular weight excluding hydrogens is 569 g/mol. The van der Waals surface area contributed by atoms with Crippen molar-refractivity contribution in [1.82, 2.24) is 10.2 Å². The van der Waals surface area contributed by atoms with Gasteiger partial charge in [-0.1, -0.05) is 96.7 Å². The molecule has 1 N–H and O–H groups in total. The molecule has 0 aromatic heterocycles. The summed E-state index contributed by atoms with van der Waals surface area (Å²) in [6.07, 6.45) is 4.26. The lowest BCUT2D eigenvalue weighted by molar-refractivity contribution is -0.140. The largest absolute Gasteiger partial charge is 0.352 e. The summed E-state index contributed by atoms with van der Waals surface area (Å²) in [4.78, 5) is 45.0. The zero-order valence-corrected chi connectivity index (χ0v) is 24.6. The summed E-state index contributed by atoms with van der Waals surface area (Å²) in [7, 11) is 0. The Balaban J connectivity index is 1.38. The predicted octanol–water partition coefficient (Wildman–Crippen LogP) is 6.81. The monoisotopic (exact) mass is 599 g/mol. The van der Waals surface area contributed by atoms with Gasteiger partial charge < -0.3 is 10.2 Å².